The summed E-state index contributed by atoms with van der Waals surface area (Å²) in [4.78, 5) is 20.2. The molecule has 0 aliphatic rings. The minimum absolute atomic E-state index is 0.130. The minimum Gasteiger partial charge on any atom is -0.497 e. The predicted molar refractivity (Wildman–Crippen MR) is 131 cm³/mol. The molecule has 3 N–H and O–H groups in total. The molecule has 0 saturated heterocycles. The average Bonchev–Trinajstić information content (AvgIpc) is 2.85. The molecule has 176 valence electrons. The number of hydrogen-bond donors (Lipinski definition) is 3. The fraction of sp³-hybridized carbons (Fsp3) is 0.250. The number of nitrogens with zero attached hydrogens (tertiary/aromatic N) is 3. The van der Waals surface area contributed by atoms with E-state index < -0.39 is 6.03 Å². The zero-order valence-corrected chi connectivity index (χ0v) is 19.8. The van der Waals surface area contributed by atoms with Crippen molar-refractivity contribution in [1.29, 1.82) is 5.26 Å². The van der Waals surface area contributed by atoms with E-state index in [4.69, 9.17) is 26.3 Å². The Balaban J connectivity index is 1.60. The molecule has 2 amide bonds. The Morgan fingerprint density at radius 1 is 1.15 bits per heavy atom. The van der Waals surface area contributed by atoms with Crippen LogP contribution in [0.1, 0.15) is 29.8 Å². The average molecular weight is 481 g/mol. The first kappa shape index (κ1) is 24.8. The van der Waals surface area contributed by atoms with Gasteiger partial charge < -0.3 is 20.1 Å². The molecule has 1 heterocycles. The Labute approximate surface area is 203 Å². The van der Waals surface area contributed by atoms with Crippen LogP contribution in [-0.4, -0.2) is 36.8 Å². The number of halogens is 1. The molecular formula is C24H25ClN6O3. The largest absolute Gasteiger partial charge is 0.497 e. The Hall–Kier alpha value is -3.87. The van der Waals surface area contributed by atoms with Gasteiger partial charge in [-0.3, -0.25) is 5.32 Å². The Bertz CT molecular complexity index is 1180. The zero-order chi connectivity index (χ0) is 24.5. The molecule has 0 aliphatic heterocycles. The lowest BCUT2D eigenvalue weighted by Gasteiger charge is -2.17. The Kier molecular flexibility index (Phi) is 8.62. The highest BCUT2D eigenvalue weighted by atomic mass is 35.5. The van der Waals surface area contributed by atoms with Gasteiger partial charge in [0.15, 0.2) is 11.5 Å². The van der Waals surface area contributed by atoms with E-state index in [1.807, 2.05) is 30.3 Å². The van der Waals surface area contributed by atoms with Gasteiger partial charge in [-0.1, -0.05) is 23.7 Å². The van der Waals surface area contributed by atoms with E-state index in [1.54, 1.807) is 19.2 Å². The first-order valence-corrected chi connectivity index (χ1v) is 10.8. The van der Waals surface area contributed by atoms with Gasteiger partial charge in [-0.05, 0) is 55.3 Å². The summed E-state index contributed by atoms with van der Waals surface area (Å²) < 4.78 is 10.7. The molecule has 0 unspecified atom stereocenters. The number of anilines is 2. The monoisotopic (exact) mass is 480 g/mol. The summed E-state index contributed by atoms with van der Waals surface area (Å²) in [6.07, 6.45) is 3.23. The third-order valence-corrected chi connectivity index (χ3v) is 5.42. The standard InChI is InChI=1S/C24H25ClN6O3/c1-15(16-5-4-6-19(9-16)33-2)27-8-7-17-10-22(34-3)21(11-20(17)25)30-24(32)31-23-14-28-18(12-26)13-29-23/h4-6,9-11,13-15,27H,7-8H2,1-3H3,(H2,29,30,31,32)/t15-/m0/s1. The second-order valence-electron chi connectivity index (χ2n) is 7.32. The zero-order valence-electron chi connectivity index (χ0n) is 19.1. The summed E-state index contributed by atoms with van der Waals surface area (Å²) >= 11 is 6.48. The summed E-state index contributed by atoms with van der Waals surface area (Å²) in [5, 5.41) is 18.0. The summed E-state index contributed by atoms with van der Waals surface area (Å²) in [5.41, 5.74) is 2.57. The third-order valence-electron chi connectivity index (χ3n) is 5.06. The van der Waals surface area contributed by atoms with Gasteiger partial charge in [-0.2, -0.15) is 5.26 Å². The number of carbonyl (C=O) groups excluding carboxylic acids is 1. The number of rotatable bonds is 9. The van der Waals surface area contributed by atoms with E-state index in [-0.39, 0.29) is 17.6 Å². The smallest absolute Gasteiger partial charge is 0.325 e. The molecule has 1 aromatic heterocycles. The van der Waals surface area contributed by atoms with Crippen molar-refractivity contribution in [1.82, 2.24) is 15.3 Å². The van der Waals surface area contributed by atoms with Crippen molar-refractivity contribution < 1.29 is 14.3 Å². The molecule has 2 aromatic carbocycles. The number of hydrogen-bond acceptors (Lipinski definition) is 7. The first-order chi connectivity index (χ1) is 16.4. The number of methoxy groups -OCH3 is 2. The summed E-state index contributed by atoms with van der Waals surface area (Å²) in [5.74, 6) is 1.49. The SMILES string of the molecule is COc1cccc([C@H](C)NCCc2cc(OC)c(NC(=O)Nc3cnc(C#N)cn3)cc2Cl)c1. The number of benzene rings is 2. The summed E-state index contributed by atoms with van der Waals surface area (Å²) in [6, 6.07) is 12.8. The molecule has 0 radical (unpaired) electrons. The molecule has 10 heteroatoms. The van der Waals surface area contributed by atoms with Crippen LogP contribution in [-0.2, 0) is 6.42 Å². The van der Waals surface area contributed by atoms with Crippen molar-refractivity contribution >= 4 is 29.1 Å². The van der Waals surface area contributed by atoms with Crippen LogP contribution < -0.4 is 25.4 Å². The number of nitriles is 1. The lowest BCUT2D eigenvalue weighted by Crippen LogP contribution is -2.22. The van der Waals surface area contributed by atoms with Crippen LogP contribution >= 0.6 is 11.6 Å². The highest BCUT2D eigenvalue weighted by Gasteiger charge is 2.14. The van der Waals surface area contributed by atoms with Crippen molar-refractivity contribution in [3.63, 3.8) is 0 Å². The molecule has 0 bridgehead atoms. The van der Waals surface area contributed by atoms with Gasteiger partial charge in [0.1, 0.15) is 17.6 Å². The van der Waals surface area contributed by atoms with Crippen molar-refractivity contribution in [2.75, 3.05) is 31.4 Å². The van der Waals surface area contributed by atoms with Crippen molar-refractivity contribution in [3.05, 3.63) is 70.6 Å². The number of nitrogens with one attached hydrogen (secondary N) is 3. The molecule has 0 saturated carbocycles. The van der Waals surface area contributed by atoms with E-state index in [9.17, 15) is 4.79 Å². The maximum absolute atomic E-state index is 12.4. The van der Waals surface area contributed by atoms with Gasteiger partial charge in [-0.25, -0.2) is 14.8 Å². The highest BCUT2D eigenvalue weighted by Crippen LogP contribution is 2.32. The fourth-order valence-electron chi connectivity index (χ4n) is 3.23. The number of amides is 2. The van der Waals surface area contributed by atoms with Crippen LogP contribution in [0.15, 0.2) is 48.8 Å². The van der Waals surface area contributed by atoms with E-state index in [2.05, 4.69) is 32.8 Å². The first-order valence-electron chi connectivity index (χ1n) is 10.5. The van der Waals surface area contributed by atoms with Crippen molar-refractivity contribution in [2.45, 2.75) is 19.4 Å². The van der Waals surface area contributed by atoms with Crippen molar-refractivity contribution in [2.24, 2.45) is 0 Å². The van der Waals surface area contributed by atoms with E-state index in [1.165, 1.54) is 19.5 Å². The number of urea groups is 1. The molecule has 1 atom stereocenters. The molecule has 0 fully saturated rings. The molecular weight excluding hydrogens is 456 g/mol. The van der Waals surface area contributed by atoms with Gasteiger partial charge >= 0.3 is 6.03 Å². The van der Waals surface area contributed by atoms with E-state index >= 15 is 0 Å². The number of carbonyl (C=O) groups is 1. The second kappa shape index (κ2) is 11.8. The number of ether oxygens (including phenoxy) is 2. The van der Waals surface area contributed by atoms with Gasteiger partial charge in [0, 0.05) is 11.1 Å². The van der Waals surface area contributed by atoms with E-state index in [0.29, 0.717) is 29.4 Å². The predicted octanol–water partition coefficient (Wildman–Crippen LogP) is 4.56. The summed E-state index contributed by atoms with van der Waals surface area (Å²) in [7, 11) is 3.17. The quantitative estimate of drug-likeness (QED) is 0.410. The molecule has 9 nitrogen and oxygen atoms in total. The van der Waals surface area contributed by atoms with Gasteiger partial charge in [0.2, 0.25) is 0 Å². The topological polar surface area (TPSA) is 121 Å². The maximum Gasteiger partial charge on any atom is 0.325 e. The van der Waals surface area contributed by atoms with Crippen LogP contribution in [0.5, 0.6) is 11.5 Å². The van der Waals surface area contributed by atoms with Crippen molar-refractivity contribution in [3.8, 4) is 17.6 Å². The molecule has 0 aliphatic carbocycles. The van der Waals surface area contributed by atoms with Crippen LogP contribution in [0, 0.1) is 11.3 Å². The number of aromatic nitrogens is 2. The lowest BCUT2D eigenvalue weighted by molar-refractivity contribution is 0.262. The van der Waals surface area contributed by atoms with Crippen LogP contribution in [0.2, 0.25) is 5.02 Å². The van der Waals surface area contributed by atoms with Gasteiger partial charge in [0.05, 0.1) is 32.3 Å². The van der Waals surface area contributed by atoms with Gasteiger partial charge in [0.25, 0.3) is 0 Å². The van der Waals surface area contributed by atoms with Crippen LogP contribution in [0.25, 0.3) is 0 Å². The maximum atomic E-state index is 12.4. The van der Waals surface area contributed by atoms with Crippen LogP contribution in [0.4, 0.5) is 16.3 Å². The second-order valence-corrected chi connectivity index (χ2v) is 7.73. The lowest BCUT2D eigenvalue weighted by atomic mass is 10.1. The van der Waals surface area contributed by atoms with Gasteiger partial charge in [-0.15, -0.1) is 0 Å². The Morgan fingerprint density at radius 2 is 1.97 bits per heavy atom. The fourth-order valence-corrected chi connectivity index (χ4v) is 3.48. The minimum atomic E-state index is -0.546. The van der Waals surface area contributed by atoms with E-state index in [0.717, 1.165) is 16.9 Å². The molecule has 0 spiro atoms. The summed E-state index contributed by atoms with van der Waals surface area (Å²) in [6.45, 7) is 2.77. The normalized spacial score (nSPS) is 11.3. The Morgan fingerprint density at radius 3 is 2.65 bits per heavy atom. The molecule has 3 rings (SSSR count). The molecule has 34 heavy (non-hydrogen) atoms. The highest BCUT2D eigenvalue weighted by molar-refractivity contribution is 6.31. The van der Waals surface area contributed by atoms with Crippen LogP contribution in [0.3, 0.4) is 0 Å². The third kappa shape index (κ3) is 6.57. The molecule has 3 aromatic rings.